The SMILES string of the molecule is Cc1ccc(C(=O)Nc2nc([C@H]3CCCN3Cc3ncccc3C)cs2)cc1. The fourth-order valence-electron chi connectivity index (χ4n) is 3.60. The van der Waals surface area contributed by atoms with Crippen LogP contribution in [0.2, 0.25) is 0 Å². The van der Waals surface area contributed by atoms with E-state index in [9.17, 15) is 4.79 Å². The van der Waals surface area contributed by atoms with Gasteiger partial charge in [-0.1, -0.05) is 23.8 Å². The molecular formula is C22H24N4OS. The van der Waals surface area contributed by atoms with Crippen LogP contribution in [-0.4, -0.2) is 27.3 Å². The minimum absolute atomic E-state index is 0.117. The third kappa shape index (κ3) is 4.13. The van der Waals surface area contributed by atoms with Gasteiger partial charge in [-0.25, -0.2) is 4.98 Å². The van der Waals surface area contributed by atoms with Gasteiger partial charge in [0.05, 0.1) is 17.4 Å². The van der Waals surface area contributed by atoms with Crippen LogP contribution in [0.3, 0.4) is 0 Å². The van der Waals surface area contributed by atoms with Gasteiger partial charge in [-0.15, -0.1) is 11.3 Å². The van der Waals surface area contributed by atoms with E-state index in [0.717, 1.165) is 42.9 Å². The molecule has 3 heterocycles. The highest BCUT2D eigenvalue weighted by atomic mass is 32.1. The summed E-state index contributed by atoms with van der Waals surface area (Å²) in [6.45, 7) is 5.99. The molecular weight excluding hydrogens is 368 g/mol. The topological polar surface area (TPSA) is 58.1 Å². The number of aryl methyl sites for hydroxylation is 2. The van der Waals surface area contributed by atoms with Crippen LogP contribution in [-0.2, 0) is 6.54 Å². The molecule has 6 heteroatoms. The minimum Gasteiger partial charge on any atom is -0.298 e. The molecule has 1 fully saturated rings. The number of carbonyl (C=O) groups excluding carboxylic acids is 1. The van der Waals surface area contributed by atoms with E-state index in [4.69, 9.17) is 4.98 Å². The minimum atomic E-state index is -0.117. The number of likely N-dealkylation sites (tertiary alicyclic amines) is 1. The van der Waals surface area contributed by atoms with Crippen molar-refractivity contribution in [1.82, 2.24) is 14.9 Å². The lowest BCUT2D eigenvalue weighted by Crippen LogP contribution is -2.24. The highest BCUT2D eigenvalue weighted by Crippen LogP contribution is 2.34. The number of aromatic nitrogens is 2. The maximum atomic E-state index is 12.4. The summed E-state index contributed by atoms with van der Waals surface area (Å²) in [6.07, 6.45) is 4.09. The highest BCUT2D eigenvalue weighted by Gasteiger charge is 2.28. The van der Waals surface area contributed by atoms with Crippen LogP contribution in [0, 0.1) is 13.8 Å². The molecule has 1 aliphatic heterocycles. The molecule has 1 atom stereocenters. The zero-order valence-electron chi connectivity index (χ0n) is 16.2. The highest BCUT2D eigenvalue weighted by molar-refractivity contribution is 7.14. The number of nitrogens with zero attached hydrogens (tertiary/aromatic N) is 3. The molecule has 0 aliphatic carbocycles. The van der Waals surface area contributed by atoms with Crippen LogP contribution in [0.1, 0.15) is 51.8 Å². The molecule has 2 aromatic heterocycles. The largest absolute Gasteiger partial charge is 0.298 e. The van der Waals surface area contributed by atoms with Gasteiger partial charge in [0.2, 0.25) is 0 Å². The van der Waals surface area contributed by atoms with Crippen LogP contribution in [0.15, 0.2) is 48.0 Å². The van der Waals surface area contributed by atoms with Crippen molar-refractivity contribution >= 4 is 22.4 Å². The summed E-state index contributed by atoms with van der Waals surface area (Å²) in [7, 11) is 0. The van der Waals surface area contributed by atoms with Crippen LogP contribution < -0.4 is 5.32 Å². The predicted molar refractivity (Wildman–Crippen MR) is 113 cm³/mol. The van der Waals surface area contributed by atoms with E-state index in [1.807, 2.05) is 43.5 Å². The lowest BCUT2D eigenvalue weighted by Gasteiger charge is -2.23. The number of amides is 1. The normalized spacial score (nSPS) is 17.0. The molecule has 0 unspecified atom stereocenters. The molecule has 0 saturated carbocycles. The van der Waals surface area contributed by atoms with Gasteiger partial charge < -0.3 is 0 Å². The smallest absolute Gasteiger partial charge is 0.257 e. The van der Waals surface area contributed by atoms with E-state index in [2.05, 4.69) is 33.6 Å². The molecule has 4 rings (SSSR count). The van der Waals surface area contributed by atoms with Crippen LogP contribution >= 0.6 is 11.3 Å². The van der Waals surface area contributed by atoms with Gasteiger partial charge in [0.15, 0.2) is 5.13 Å². The Morgan fingerprint density at radius 1 is 1.25 bits per heavy atom. The fourth-order valence-corrected chi connectivity index (χ4v) is 4.35. The lowest BCUT2D eigenvalue weighted by atomic mass is 10.1. The summed E-state index contributed by atoms with van der Waals surface area (Å²) < 4.78 is 0. The van der Waals surface area contributed by atoms with Crippen molar-refractivity contribution < 1.29 is 4.79 Å². The Balaban J connectivity index is 1.45. The number of pyridine rings is 1. The standard InChI is InChI=1S/C22H24N4OS/c1-15-7-9-17(10-8-15)21(27)25-22-24-19(14-28-22)20-6-4-12-26(20)13-18-16(2)5-3-11-23-18/h3,5,7-11,14,20H,4,6,12-13H2,1-2H3,(H,24,25,27)/t20-/m1/s1. The van der Waals surface area contributed by atoms with Gasteiger partial charge in [0, 0.05) is 23.7 Å². The van der Waals surface area contributed by atoms with Crippen molar-refractivity contribution in [3.63, 3.8) is 0 Å². The molecule has 1 aliphatic rings. The predicted octanol–water partition coefficient (Wildman–Crippen LogP) is 4.74. The summed E-state index contributed by atoms with van der Waals surface area (Å²) in [4.78, 5) is 24.1. The molecule has 1 amide bonds. The molecule has 1 saturated heterocycles. The third-order valence-electron chi connectivity index (χ3n) is 5.23. The number of hydrogen-bond donors (Lipinski definition) is 1. The number of benzene rings is 1. The fraction of sp³-hybridized carbons (Fsp3) is 0.318. The summed E-state index contributed by atoms with van der Waals surface area (Å²) in [5, 5.41) is 5.66. The Hall–Kier alpha value is -2.57. The van der Waals surface area contributed by atoms with Gasteiger partial charge >= 0.3 is 0 Å². The number of nitrogens with one attached hydrogen (secondary N) is 1. The Labute approximate surface area is 169 Å². The second-order valence-electron chi connectivity index (χ2n) is 7.29. The second kappa shape index (κ2) is 8.20. The van der Waals surface area contributed by atoms with Crippen LogP contribution in [0.4, 0.5) is 5.13 Å². The van der Waals surface area contributed by atoms with E-state index in [1.54, 1.807) is 0 Å². The van der Waals surface area contributed by atoms with Gasteiger partial charge in [0.1, 0.15) is 0 Å². The van der Waals surface area contributed by atoms with E-state index >= 15 is 0 Å². The molecule has 5 nitrogen and oxygen atoms in total. The number of anilines is 1. The average Bonchev–Trinajstić information content (AvgIpc) is 3.33. The first-order valence-electron chi connectivity index (χ1n) is 9.58. The maximum Gasteiger partial charge on any atom is 0.257 e. The molecule has 3 aromatic rings. The van der Waals surface area contributed by atoms with E-state index in [-0.39, 0.29) is 11.9 Å². The lowest BCUT2D eigenvalue weighted by molar-refractivity contribution is 0.102. The molecule has 144 valence electrons. The van der Waals surface area contributed by atoms with Gasteiger partial charge in [-0.05, 0) is 57.0 Å². The molecule has 1 N–H and O–H groups in total. The molecule has 0 spiro atoms. The van der Waals surface area contributed by atoms with Crippen molar-refractivity contribution in [3.8, 4) is 0 Å². The monoisotopic (exact) mass is 392 g/mol. The quantitative estimate of drug-likeness (QED) is 0.681. The zero-order chi connectivity index (χ0) is 19.5. The second-order valence-corrected chi connectivity index (χ2v) is 8.15. The van der Waals surface area contributed by atoms with E-state index in [1.165, 1.54) is 16.9 Å². The average molecular weight is 393 g/mol. The van der Waals surface area contributed by atoms with Gasteiger partial charge in [-0.2, -0.15) is 0 Å². The van der Waals surface area contributed by atoms with Crippen molar-refractivity contribution in [3.05, 3.63) is 76.1 Å². The molecule has 1 aromatic carbocycles. The van der Waals surface area contributed by atoms with Crippen molar-refractivity contribution in [2.45, 2.75) is 39.3 Å². The maximum absolute atomic E-state index is 12.4. The van der Waals surface area contributed by atoms with Crippen molar-refractivity contribution in [2.24, 2.45) is 0 Å². The van der Waals surface area contributed by atoms with Crippen LogP contribution in [0.5, 0.6) is 0 Å². The van der Waals surface area contributed by atoms with E-state index in [0.29, 0.717) is 10.7 Å². The molecule has 28 heavy (non-hydrogen) atoms. The number of rotatable bonds is 5. The Kier molecular flexibility index (Phi) is 5.50. The van der Waals surface area contributed by atoms with Crippen molar-refractivity contribution in [1.29, 1.82) is 0 Å². The number of carbonyl (C=O) groups is 1. The first kappa shape index (κ1) is 18.8. The Bertz CT molecular complexity index is 967. The van der Waals surface area contributed by atoms with Gasteiger partial charge in [-0.3, -0.25) is 20.0 Å². The first-order valence-corrected chi connectivity index (χ1v) is 10.5. The van der Waals surface area contributed by atoms with E-state index < -0.39 is 0 Å². The van der Waals surface area contributed by atoms with Crippen molar-refractivity contribution in [2.75, 3.05) is 11.9 Å². The molecule has 0 bridgehead atoms. The summed E-state index contributed by atoms with van der Waals surface area (Å²) in [6, 6.07) is 11.9. The zero-order valence-corrected chi connectivity index (χ0v) is 17.0. The third-order valence-corrected chi connectivity index (χ3v) is 6.01. The van der Waals surface area contributed by atoms with Gasteiger partial charge in [0.25, 0.3) is 5.91 Å². The number of hydrogen-bond acceptors (Lipinski definition) is 5. The number of thiazole rings is 1. The summed E-state index contributed by atoms with van der Waals surface area (Å²) in [5.41, 5.74) is 5.17. The van der Waals surface area contributed by atoms with Crippen LogP contribution in [0.25, 0.3) is 0 Å². The molecule has 0 radical (unpaired) electrons. The Morgan fingerprint density at radius 3 is 2.86 bits per heavy atom. The Morgan fingerprint density at radius 2 is 2.07 bits per heavy atom. The first-order chi connectivity index (χ1) is 13.6. The summed E-state index contributed by atoms with van der Waals surface area (Å²) in [5.74, 6) is -0.117. The summed E-state index contributed by atoms with van der Waals surface area (Å²) >= 11 is 1.49.